The first-order valence-corrected chi connectivity index (χ1v) is 5.94. The number of ether oxygens (including phenoxy) is 1. The molecule has 0 aromatic heterocycles. The molecule has 0 spiro atoms. The van der Waals surface area contributed by atoms with Gasteiger partial charge in [0, 0.05) is 11.3 Å². The normalized spacial score (nSPS) is 18.2. The van der Waals surface area contributed by atoms with Crippen molar-refractivity contribution in [3.05, 3.63) is 65.7 Å². The first kappa shape index (κ1) is 10.8. The molecule has 90 valence electrons. The molecule has 3 rings (SSSR count). The van der Waals surface area contributed by atoms with Gasteiger partial charge in [-0.3, -0.25) is 0 Å². The molecule has 0 fully saturated rings. The van der Waals surface area contributed by atoms with Crippen molar-refractivity contribution in [1.29, 1.82) is 0 Å². The van der Waals surface area contributed by atoms with E-state index in [1.54, 1.807) is 0 Å². The highest BCUT2D eigenvalue weighted by Gasteiger charge is 2.21. The first-order chi connectivity index (χ1) is 8.83. The third kappa shape index (κ3) is 2.07. The SMILES string of the molecule is Nc1ccc(C2COC(c3ccccc3)=N2)cc1. The van der Waals surface area contributed by atoms with Crippen molar-refractivity contribution in [3.63, 3.8) is 0 Å². The predicted octanol–water partition coefficient (Wildman–Crippen LogP) is 2.79. The summed E-state index contributed by atoms with van der Waals surface area (Å²) in [5, 5.41) is 0. The molecule has 2 N–H and O–H groups in total. The number of nitrogens with two attached hydrogens (primary N) is 1. The Bertz CT molecular complexity index is 561. The number of hydrogen-bond acceptors (Lipinski definition) is 3. The van der Waals surface area contributed by atoms with Crippen molar-refractivity contribution >= 4 is 11.6 Å². The topological polar surface area (TPSA) is 47.6 Å². The summed E-state index contributed by atoms with van der Waals surface area (Å²) < 4.78 is 5.66. The first-order valence-electron chi connectivity index (χ1n) is 5.94. The molecule has 2 aromatic rings. The summed E-state index contributed by atoms with van der Waals surface area (Å²) in [6.07, 6.45) is 0. The second kappa shape index (κ2) is 4.53. The average molecular weight is 238 g/mol. The summed E-state index contributed by atoms with van der Waals surface area (Å²) >= 11 is 0. The van der Waals surface area contributed by atoms with E-state index in [2.05, 4.69) is 4.99 Å². The Morgan fingerprint density at radius 2 is 1.72 bits per heavy atom. The molecule has 0 saturated carbocycles. The minimum atomic E-state index is 0.0702. The molecule has 0 saturated heterocycles. The lowest BCUT2D eigenvalue weighted by Gasteiger charge is -2.04. The third-order valence-electron chi connectivity index (χ3n) is 2.99. The van der Waals surface area contributed by atoms with Gasteiger partial charge in [-0.15, -0.1) is 0 Å². The van der Waals surface area contributed by atoms with Crippen LogP contribution in [0.5, 0.6) is 0 Å². The number of anilines is 1. The molecule has 18 heavy (non-hydrogen) atoms. The number of benzene rings is 2. The lowest BCUT2D eigenvalue weighted by molar-refractivity contribution is 0.320. The van der Waals surface area contributed by atoms with Crippen LogP contribution in [-0.2, 0) is 4.74 Å². The van der Waals surface area contributed by atoms with Crippen LogP contribution >= 0.6 is 0 Å². The molecular formula is C15H14N2O. The number of hydrogen-bond donors (Lipinski definition) is 1. The van der Waals surface area contributed by atoms with E-state index in [9.17, 15) is 0 Å². The zero-order chi connectivity index (χ0) is 12.4. The Morgan fingerprint density at radius 3 is 2.44 bits per heavy atom. The van der Waals surface area contributed by atoms with Crippen molar-refractivity contribution in [3.8, 4) is 0 Å². The molecule has 0 radical (unpaired) electrons. The van der Waals surface area contributed by atoms with E-state index in [1.165, 1.54) is 0 Å². The van der Waals surface area contributed by atoms with Gasteiger partial charge in [-0.25, -0.2) is 4.99 Å². The van der Waals surface area contributed by atoms with Crippen molar-refractivity contribution in [2.24, 2.45) is 4.99 Å². The highest BCUT2D eigenvalue weighted by atomic mass is 16.5. The maximum atomic E-state index is 5.68. The second-order valence-corrected chi connectivity index (χ2v) is 4.29. The van der Waals surface area contributed by atoms with Crippen LogP contribution in [0.15, 0.2) is 59.6 Å². The van der Waals surface area contributed by atoms with E-state index in [0.717, 1.165) is 22.7 Å². The molecule has 1 aliphatic heterocycles. The van der Waals surface area contributed by atoms with Crippen LogP contribution in [-0.4, -0.2) is 12.5 Å². The summed E-state index contributed by atoms with van der Waals surface area (Å²) in [7, 11) is 0. The maximum Gasteiger partial charge on any atom is 0.216 e. The monoisotopic (exact) mass is 238 g/mol. The standard InChI is InChI=1S/C15H14N2O/c16-13-8-6-11(7-9-13)14-10-18-15(17-14)12-4-2-1-3-5-12/h1-9,14H,10,16H2. The minimum absolute atomic E-state index is 0.0702. The van der Waals surface area contributed by atoms with Crippen molar-refractivity contribution in [2.45, 2.75) is 6.04 Å². The van der Waals surface area contributed by atoms with Gasteiger partial charge in [0.25, 0.3) is 0 Å². The fraction of sp³-hybridized carbons (Fsp3) is 0.133. The average Bonchev–Trinajstić information content (AvgIpc) is 2.90. The molecule has 1 atom stereocenters. The molecule has 2 aromatic carbocycles. The van der Waals surface area contributed by atoms with Gasteiger partial charge >= 0.3 is 0 Å². The van der Waals surface area contributed by atoms with Crippen LogP contribution < -0.4 is 5.73 Å². The Kier molecular flexibility index (Phi) is 2.73. The van der Waals surface area contributed by atoms with Crippen LogP contribution in [0.25, 0.3) is 0 Å². The van der Waals surface area contributed by atoms with E-state index in [-0.39, 0.29) is 6.04 Å². The number of aliphatic imine (C=N–C) groups is 1. The van der Waals surface area contributed by atoms with E-state index in [1.807, 2.05) is 54.6 Å². The molecule has 1 heterocycles. The lowest BCUT2D eigenvalue weighted by atomic mass is 10.1. The summed E-state index contributed by atoms with van der Waals surface area (Å²) in [6.45, 7) is 0.591. The van der Waals surface area contributed by atoms with Crippen molar-refractivity contribution < 1.29 is 4.74 Å². The maximum absolute atomic E-state index is 5.68. The van der Waals surface area contributed by atoms with Crippen LogP contribution in [0.3, 0.4) is 0 Å². The van der Waals surface area contributed by atoms with Gasteiger partial charge in [0.15, 0.2) is 0 Å². The van der Waals surface area contributed by atoms with Crippen LogP contribution in [0.1, 0.15) is 17.2 Å². The van der Waals surface area contributed by atoms with Gasteiger partial charge in [-0.2, -0.15) is 0 Å². The summed E-state index contributed by atoms with van der Waals surface area (Å²) in [5.41, 5.74) is 8.60. The van der Waals surface area contributed by atoms with E-state index >= 15 is 0 Å². The number of nitrogen functional groups attached to an aromatic ring is 1. The van der Waals surface area contributed by atoms with E-state index in [0.29, 0.717) is 6.61 Å². The van der Waals surface area contributed by atoms with Crippen LogP contribution in [0.2, 0.25) is 0 Å². The number of nitrogens with zero attached hydrogens (tertiary/aromatic N) is 1. The van der Waals surface area contributed by atoms with Crippen molar-refractivity contribution in [1.82, 2.24) is 0 Å². The molecule has 0 aliphatic carbocycles. The highest BCUT2D eigenvalue weighted by molar-refractivity contribution is 5.95. The molecular weight excluding hydrogens is 224 g/mol. The fourth-order valence-electron chi connectivity index (χ4n) is 2.00. The molecule has 3 heteroatoms. The Balaban J connectivity index is 1.85. The van der Waals surface area contributed by atoms with E-state index in [4.69, 9.17) is 10.5 Å². The Morgan fingerprint density at radius 1 is 1.00 bits per heavy atom. The van der Waals surface area contributed by atoms with Crippen molar-refractivity contribution in [2.75, 3.05) is 12.3 Å². The summed E-state index contributed by atoms with van der Waals surface area (Å²) in [5.74, 6) is 0.720. The molecule has 1 unspecified atom stereocenters. The van der Waals surface area contributed by atoms with Crippen LogP contribution in [0.4, 0.5) is 5.69 Å². The largest absolute Gasteiger partial charge is 0.475 e. The third-order valence-corrected chi connectivity index (χ3v) is 2.99. The zero-order valence-corrected chi connectivity index (χ0v) is 9.91. The van der Waals surface area contributed by atoms with Gasteiger partial charge in [0.2, 0.25) is 5.90 Å². The fourth-order valence-corrected chi connectivity index (χ4v) is 2.00. The zero-order valence-electron chi connectivity index (χ0n) is 9.91. The second-order valence-electron chi connectivity index (χ2n) is 4.29. The van der Waals surface area contributed by atoms with Gasteiger partial charge in [0.1, 0.15) is 12.6 Å². The minimum Gasteiger partial charge on any atom is -0.475 e. The summed E-state index contributed by atoms with van der Waals surface area (Å²) in [6, 6.07) is 17.8. The Labute approximate surface area is 106 Å². The van der Waals surface area contributed by atoms with Crippen LogP contribution in [0, 0.1) is 0 Å². The lowest BCUT2D eigenvalue weighted by Crippen LogP contribution is -2.00. The summed E-state index contributed by atoms with van der Waals surface area (Å²) in [4.78, 5) is 4.61. The highest BCUT2D eigenvalue weighted by Crippen LogP contribution is 2.25. The Hall–Kier alpha value is -2.29. The van der Waals surface area contributed by atoms with Gasteiger partial charge in [-0.05, 0) is 29.8 Å². The van der Waals surface area contributed by atoms with Gasteiger partial charge in [0.05, 0.1) is 0 Å². The number of rotatable bonds is 2. The van der Waals surface area contributed by atoms with Gasteiger partial charge < -0.3 is 10.5 Å². The predicted molar refractivity (Wildman–Crippen MR) is 72.5 cm³/mol. The molecule has 3 nitrogen and oxygen atoms in total. The van der Waals surface area contributed by atoms with E-state index < -0.39 is 0 Å². The molecule has 0 bridgehead atoms. The smallest absolute Gasteiger partial charge is 0.216 e. The quantitative estimate of drug-likeness (QED) is 0.818. The van der Waals surface area contributed by atoms with Gasteiger partial charge in [-0.1, -0.05) is 30.3 Å². The molecule has 1 aliphatic rings. The molecule has 0 amide bonds.